The van der Waals surface area contributed by atoms with Crippen LogP contribution in [0.15, 0.2) is 132 Å². The van der Waals surface area contributed by atoms with Crippen LogP contribution in [0.1, 0.15) is 59.5 Å². The Morgan fingerprint density at radius 3 is 2.15 bits per heavy atom. The van der Waals surface area contributed by atoms with E-state index in [1.54, 1.807) is 30.3 Å². The molecular weight excluding hydrogens is 696 g/mol. The Morgan fingerprint density at radius 2 is 1.46 bits per heavy atom. The van der Waals surface area contributed by atoms with Crippen LogP contribution in [-0.4, -0.2) is 49.3 Å². The maximum absolute atomic E-state index is 12.8. The molecular formula is C42H43ClN2O6S. The first-order valence-electron chi connectivity index (χ1n) is 17.6. The molecule has 0 amide bonds. The third-order valence-electron chi connectivity index (χ3n) is 10.1. The highest BCUT2D eigenvalue weighted by Gasteiger charge is 2.37. The van der Waals surface area contributed by atoms with Crippen LogP contribution in [0.5, 0.6) is 0 Å². The van der Waals surface area contributed by atoms with Gasteiger partial charge in [0.15, 0.2) is 6.29 Å². The van der Waals surface area contributed by atoms with Crippen molar-refractivity contribution < 1.29 is 28.1 Å². The Bertz CT molecular complexity index is 2040. The number of aliphatic hydroxyl groups excluding tert-OH is 1. The molecule has 0 saturated carbocycles. The Morgan fingerprint density at radius 1 is 0.769 bits per heavy atom. The Kier molecular flexibility index (Phi) is 11.2. The minimum atomic E-state index is -3.62. The van der Waals surface area contributed by atoms with E-state index >= 15 is 0 Å². The number of sulfonamides is 1. The lowest BCUT2D eigenvalue weighted by Crippen LogP contribution is -2.46. The number of hydrogen-bond acceptors (Lipinski definition) is 7. The topological polar surface area (TPSA) is 108 Å². The average Bonchev–Trinajstić information content (AvgIpc) is 3.19. The molecule has 2 aliphatic heterocycles. The van der Waals surface area contributed by atoms with Gasteiger partial charge in [0.05, 0.1) is 29.3 Å². The molecule has 7 rings (SSSR count). The van der Waals surface area contributed by atoms with Crippen LogP contribution < -0.4 is 4.72 Å². The molecule has 0 unspecified atom stereocenters. The van der Waals surface area contributed by atoms with Crippen LogP contribution in [-0.2, 0) is 38.2 Å². The molecule has 0 spiro atoms. The van der Waals surface area contributed by atoms with Crippen molar-refractivity contribution in [2.75, 3.05) is 19.6 Å². The minimum Gasteiger partial charge on any atom is -0.392 e. The normalized spacial score (nSPS) is 20.8. The number of hydrogen-bond donors (Lipinski definition) is 3. The van der Waals surface area contributed by atoms with Crippen LogP contribution in [0.25, 0.3) is 11.1 Å². The van der Waals surface area contributed by atoms with Crippen molar-refractivity contribution in [1.82, 2.24) is 9.62 Å². The maximum Gasteiger partial charge on any atom is 0.240 e. The van der Waals surface area contributed by atoms with Crippen LogP contribution in [0.2, 0.25) is 5.02 Å². The summed E-state index contributed by atoms with van der Waals surface area (Å²) in [6, 6.07) is 39.7. The third-order valence-corrected chi connectivity index (χ3v) is 11.8. The smallest absolute Gasteiger partial charge is 0.240 e. The summed E-state index contributed by atoms with van der Waals surface area (Å²) in [7, 11) is -3.62. The highest BCUT2D eigenvalue weighted by Crippen LogP contribution is 2.40. The minimum absolute atomic E-state index is 0.0178. The molecule has 8 nitrogen and oxygen atoms in total. The zero-order valence-corrected chi connectivity index (χ0v) is 30.3. The molecule has 5 aromatic carbocycles. The number of nitrogens with one attached hydrogen (secondary N) is 1. The summed E-state index contributed by atoms with van der Waals surface area (Å²) in [5.41, 5.74) is 5.59. The Hall–Kier alpha value is -3.90. The molecule has 0 radical (unpaired) electrons. The molecule has 5 aromatic rings. The van der Waals surface area contributed by atoms with E-state index < -0.39 is 21.9 Å². The summed E-state index contributed by atoms with van der Waals surface area (Å²) >= 11 is 6.09. The fourth-order valence-electron chi connectivity index (χ4n) is 7.03. The molecule has 0 bridgehead atoms. The van der Waals surface area contributed by atoms with Crippen LogP contribution in [0.3, 0.4) is 0 Å². The molecule has 270 valence electrons. The van der Waals surface area contributed by atoms with Crippen LogP contribution in [0, 0.1) is 0 Å². The van der Waals surface area contributed by atoms with E-state index in [1.165, 1.54) is 0 Å². The second-order valence-corrected chi connectivity index (χ2v) is 15.9. The van der Waals surface area contributed by atoms with Gasteiger partial charge in [-0.05, 0) is 76.6 Å². The molecule has 2 heterocycles. The lowest BCUT2D eigenvalue weighted by atomic mass is 9.84. The molecule has 2 saturated heterocycles. The summed E-state index contributed by atoms with van der Waals surface area (Å²) in [5.74, 6) is 0. The van der Waals surface area contributed by atoms with Crippen LogP contribution in [0.4, 0.5) is 0 Å². The number of nitrogens with zero attached hydrogens (tertiary/aromatic N) is 1. The maximum atomic E-state index is 12.8. The van der Waals surface area contributed by atoms with E-state index in [0.717, 1.165) is 52.0 Å². The number of benzene rings is 5. The number of ether oxygens (including phenoxy) is 2. The second-order valence-electron chi connectivity index (χ2n) is 13.6. The van der Waals surface area contributed by atoms with E-state index in [-0.39, 0.29) is 30.3 Å². The Labute approximate surface area is 310 Å². The number of likely N-dealkylation sites (tertiary alicyclic amines) is 1. The molecule has 3 atom stereocenters. The highest BCUT2D eigenvalue weighted by atomic mass is 35.5. The lowest BCUT2D eigenvalue weighted by Gasteiger charge is -2.42. The molecule has 2 fully saturated rings. The van der Waals surface area contributed by atoms with Gasteiger partial charge < -0.3 is 24.6 Å². The monoisotopic (exact) mass is 738 g/mol. The fraction of sp³-hybridized carbons (Fsp3) is 0.286. The van der Waals surface area contributed by atoms with Crippen molar-refractivity contribution in [1.29, 1.82) is 0 Å². The van der Waals surface area contributed by atoms with E-state index in [1.807, 2.05) is 97.1 Å². The van der Waals surface area contributed by atoms with E-state index in [0.29, 0.717) is 30.8 Å². The molecule has 52 heavy (non-hydrogen) atoms. The van der Waals surface area contributed by atoms with Gasteiger partial charge in [-0.2, -0.15) is 0 Å². The van der Waals surface area contributed by atoms with Crippen molar-refractivity contribution in [3.05, 3.63) is 160 Å². The van der Waals surface area contributed by atoms with Gasteiger partial charge in [-0.15, -0.1) is 0 Å². The largest absolute Gasteiger partial charge is 0.392 e. The quantitative estimate of drug-likeness (QED) is 0.129. The van der Waals surface area contributed by atoms with Crippen molar-refractivity contribution in [2.24, 2.45) is 0 Å². The van der Waals surface area contributed by atoms with Gasteiger partial charge in [0.25, 0.3) is 0 Å². The molecule has 0 aliphatic carbocycles. The molecule has 3 N–H and O–H groups in total. The Balaban J connectivity index is 1.04. The first-order chi connectivity index (χ1) is 25.2. The van der Waals surface area contributed by atoms with Gasteiger partial charge in [0, 0.05) is 43.2 Å². The fourth-order valence-corrected chi connectivity index (χ4v) is 8.19. The van der Waals surface area contributed by atoms with Gasteiger partial charge in [-0.1, -0.05) is 109 Å². The number of aliphatic hydroxyl groups is 2. The predicted molar refractivity (Wildman–Crippen MR) is 202 cm³/mol. The van der Waals surface area contributed by atoms with Crippen molar-refractivity contribution in [2.45, 2.75) is 61.4 Å². The summed E-state index contributed by atoms with van der Waals surface area (Å²) < 4.78 is 41.4. The van der Waals surface area contributed by atoms with Gasteiger partial charge >= 0.3 is 0 Å². The van der Waals surface area contributed by atoms with E-state index in [4.69, 9.17) is 21.1 Å². The molecule has 0 aromatic heterocycles. The molecule has 2 aliphatic rings. The summed E-state index contributed by atoms with van der Waals surface area (Å²) in [4.78, 5) is 2.59. The van der Waals surface area contributed by atoms with Crippen molar-refractivity contribution in [3.8, 4) is 11.1 Å². The lowest BCUT2D eigenvalue weighted by molar-refractivity contribution is -0.253. The SMILES string of the molecule is O=S(=O)(NCc1cccc(-c2ccc([C@@H]3O[C@H](CN4CCC(O)(c5ccc(Cl)cc5)CC4)C[C@H](c4ccc(CO)cc4)O3)cc2)c1)c1ccccc1. The van der Waals surface area contributed by atoms with E-state index in [2.05, 4.69) is 9.62 Å². The van der Waals surface area contributed by atoms with Crippen molar-refractivity contribution >= 4 is 21.6 Å². The zero-order valence-electron chi connectivity index (χ0n) is 28.8. The first-order valence-corrected chi connectivity index (χ1v) is 19.5. The summed E-state index contributed by atoms with van der Waals surface area (Å²) in [6.07, 6.45) is 1.00. The standard InChI is InChI=1S/C42H43ClN2O6S/c43-37-19-17-36(18-20-37)42(47)21-23-45(24-22-42)28-38-26-40(33-11-9-30(29-46)10-12-33)51-41(50-38)34-15-13-32(14-16-34)35-6-4-5-31(25-35)27-44-52(48,49)39-7-2-1-3-8-39/h1-20,25,38,40-41,44,46-47H,21-24,26-29H2/t38-,40+,41+/m0/s1. The van der Waals surface area contributed by atoms with E-state index in [9.17, 15) is 18.6 Å². The predicted octanol–water partition coefficient (Wildman–Crippen LogP) is 7.51. The van der Waals surface area contributed by atoms with Gasteiger partial charge in [-0.3, -0.25) is 0 Å². The van der Waals surface area contributed by atoms with Gasteiger partial charge in [0.2, 0.25) is 10.0 Å². The number of piperidine rings is 1. The summed E-state index contributed by atoms with van der Waals surface area (Å²) in [5, 5.41) is 21.7. The van der Waals surface area contributed by atoms with Crippen molar-refractivity contribution in [3.63, 3.8) is 0 Å². The van der Waals surface area contributed by atoms with Gasteiger partial charge in [-0.25, -0.2) is 13.1 Å². The number of rotatable bonds is 11. The van der Waals surface area contributed by atoms with Crippen LogP contribution >= 0.6 is 11.6 Å². The zero-order chi connectivity index (χ0) is 36.1. The van der Waals surface area contributed by atoms with Gasteiger partial charge in [0.1, 0.15) is 0 Å². The summed E-state index contributed by atoms with van der Waals surface area (Å²) in [6.45, 7) is 2.34. The third kappa shape index (κ3) is 8.65. The first kappa shape index (κ1) is 36.5. The number of halogens is 1. The average molecular weight is 739 g/mol. The highest BCUT2D eigenvalue weighted by molar-refractivity contribution is 7.89. The second kappa shape index (κ2) is 16.0. The molecule has 10 heteroatoms.